The number of sulfonamides is 1. The maximum atomic E-state index is 12.5. The van der Waals surface area contributed by atoms with E-state index >= 15 is 0 Å². The van der Waals surface area contributed by atoms with Crippen LogP contribution < -0.4 is 9.62 Å². The molecule has 0 aliphatic heterocycles. The molecule has 1 N–H and O–H groups in total. The van der Waals surface area contributed by atoms with Gasteiger partial charge < -0.3 is 4.90 Å². The lowest BCUT2D eigenvalue weighted by Crippen LogP contribution is -2.23. The molecule has 130 valence electrons. The summed E-state index contributed by atoms with van der Waals surface area (Å²) >= 11 is 0. The van der Waals surface area contributed by atoms with Crippen molar-refractivity contribution in [2.75, 3.05) is 19.0 Å². The summed E-state index contributed by atoms with van der Waals surface area (Å²) in [7, 11) is -0.0926. The molecule has 0 aromatic heterocycles. The van der Waals surface area contributed by atoms with E-state index in [0.29, 0.717) is 0 Å². The van der Waals surface area contributed by atoms with Crippen molar-refractivity contribution in [2.24, 2.45) is 0 Å². The highest BCUT2D eigenvalue weighted by Crippen LogP contribution is 2.29. The predicted molar refractivity (Wildman–Crippen MR) is 86.2 cm³/mol. The van der Waals surface area contributed by atoms with Gasteiger partial charge >= 0.3 is 6.18 Å². The molecule has 8 heteroatoms. The van der Waals surface area contributed by atoms with Gasteiger partial charge in [0.1, 0.15) is 0 Å². The number of anilines is 1. The Balaban J connectivity index is 2.08. The fourth-order valence-electron chi connectivity index (χ4n) is 2.00. The molecule has 0 amide bonds. The minimum absolute atomic E-state index is 0.0526. The summed E-state index contributed by atoms with van der Waals surface area (Å²) in [6.07, 6.45) is -4.50. The van der Waals surface area contributed by atoms with Crippen LogP contribution in [0.4, 0.5) is 18.9 Å². The molecule has 0 fully saturated rings. The lowest BCUT2D eigenvalue weighted by atomic mass is 10.2. The maximum absolute atomic E-state index is 12.5. The molecule has 0 radical (unpaired) electrons. The third kappa shape index (κ3) is 4.48. The molecule has 0 spiro atoms. The van der Waals surface area contributed by atoms with Crippen molar-refractivity contribution in [3.63, 3.8) is 0 Å². The van der Waals surface area contributed by atoms with Gasteiger partial charge in [0.2, 0.25) is 10.0 Å². The van der Waals surface area contributed by atoms with Gasteiger partial charge in [0.15, 0.2) is 0 Å². The Morgan fingerprint density at radius 1 is 0.958 bits per heavy atom. The molecule has 24 heavy (non-hydrogen) atoms. The average molecular weight is 358 g/mol. The number of rotatable bonds is 5. The second-order valence-electron chi connectivity index (χ2n) is 5.41. The van der Waals surface area contributed by atoms with E-state index in [2.05, 4.69) is 4.72 Å². The molecular weight excluding hydrogens is 341 g/mol. The first kappa shape index (κ1) is 18.3. The fourth-order valence-corrected chi connectivity index (χ4v) is 3.01. The molecule has 0 atom stereocenters. The van der Waals surface area contributed by atoms with Gasteiger partial charge in [-0.2, -0.15) is 13.2 Å². The first-order valence-corrected chi connectivity index (χ1v) is 8.51. The van der Waals surface area contributed by atoms with Crippen LogP contribution in [-0.4, -0.2) is 22.5 Å². The van der Waals surface area contributed by atoms with E-state index in [0.717, 1.165) is 35.5 Å². The fraction of sp³-hybridized carbons (Fsp3) is 0.250. The molecule has 4 nitrogen and oxygen atoms in total. The molecule has 0 aliphatic rings. The van der Waals surface area contributed by atoms with Crippen LogP contribution in [0.2, 0.25) is 0 Å². The second kappa shape index (κ2) is 6.82. The minimum atomic E-state index is -4.50. The van der Waals surface area contributed by atoms with Gasteiger partial charge in [0, 0.05) is 26.3 Å². The molecule has 0 heterocycles. The third-order valence-corrected chi connectivity index (χ3v) is 4.83. The molecule has 0 saturated carbocycles. The van der Waals surface area contributed by atoms with Gasteiger partial charge in [0.25, 0.3) is 0 Å². The maximum Gasteiger partial charge on any atom is 0.416 e. The van der Waals surface area contributed by atoms with E-state index in [9.17, 15) is 21.6 Å². The van der Waals surface area contributed by atoms with Crippen LogP contribution in [0.5, 0.6) is 0 Å². The van der Waals surface area contributed by atoms with Crippen molar-refractivity contribution < 1.29 is 21.6 Å². The van der Waals surface area contributed by atoms with Crippen LogP contribution in [0.25, 0.3) is 0 Å². The molecule has 0 saturated heterocycles. The average Bonchev–Trinajstić information content (AvgIpc) is 2.53. The van der Waals surface area contributed by atoms with E-state index in [1.165, 1.54) is 0 Å². The van der Waals surface area contributed by atoms with Crippen LogP contribution in [0.1, 0.15) is 11.1 Å². The Morgan fingerprint density at radius 2 is 1.50 bits per heavy atom. The highest BCUT2D eigenvalue weighted by molar-refractivity contribution is 7.89. The normalized spacial score (nSPS) is 12.2. The summed E-state index contributed by atoms with van der Waals surface area (Å²) in [4.78, 5) is 1.70. The first-order valence-electron chi connectivity index (χ1n) is 7.03. The van der Waals surface area contributed by atoms with Crippen LogP contribution in [0.3, 0.4) is 0 Å². The number of nitrogens with one attached hydrogen (secondary N) is 1. The van der Waals surface area contributed by atoms with Crippen LogP contribution in [-0.2, 0) is 22.7 Å². The Hall–Kier alpha value is -2.06. The van der Waals surface area contributed by atoms with Crippen molar-refractivity contribution in [3.05, 3.63) is 59.7 Å². The van der Waals surface area contributed by atoms with Gasteiger partial charge in [-0.1, -0.05) is 12.1 Å². The SMILES string of the molecule is CN(C)c1ccc(CNS(=O)(=O)c2ccc(C(F)(F)F)cc2)cc1. The van der Waals surface area contributed by atoms with Gasteiger partial charge in [-0.05, 0) is 42.0 Å². The van der Waals surface area contributed by atoms with Crippen LogP contribution >= 0.6 is 0 Å². The summed E-state index contributed by atoms with van der Waals surface area (Å²) in [5.74, 6) is 0. The largest absolute Gasteiger partial charge is 0.416 e. The number of hydrogen-bond acceptors (Lipinski definition) is 3. The lowest BCUT2D eigenvalue weighted by molar-refractivity contribution is -0.137. The number of benzene rings is 2. The van der Waals surface area contributed by atoms with Gasteiger partial charge in [-0.15, -0.1) is 0 Å². The van der Waals surface area contributed by atoms with Crippen molar-refractivity contribution >= 4 is 15.7 Å². The quantitative estimate of drug-likeness (QED) is 0.893. The van der Waals surface area contributed by atoms with E-state index in [1.807, 2.05) is 31.1 Å². The van der Waals surface area contributed by atoms with Gasteiger partial charge in [-0.3, -0.25) is 0 Å². The van der Waals surface area contributed by atoms with Gasteiger partial charge in [-0.25, -0.2) is 13.1 Å². The second-order valence-corrected chi connectivity index (χ2v) is 7.17. The Morgan fingerprint density at radius 3 is 1.96 bits per heavy atom. The highest BCUT2D eigenvalue weighted by atomic mass is 32.2. The monoisotopic (exact) mass is 358 g/mol. The van der Waals surface area contributed by atoms with E-state index in [-0.39, 0.29) is 11.4 Å². The molecule has 2 aromatic rings. The number of hydrogen-bond donors (Lipinski definition) is 1. The van der Waals surface area contributed by atoms with E-state index in [4.69, 9.17) is 0 Å². The predicted octanol–water partition coefficient (Wildman–Crippen LogP) is 3.25. The van der Waals surface area contributed by atoms with Crippen molar-refractivity contribution in [3.8, 4) is 0 Å². The number of alkyl halides is 3. The Bertz CT molecular complexity index is 784. The van der Waals surface area contributed by atoms with Crippen molar-refractivity contribution in [2.45, 2.75) is 17.6 Å². The summed E-state index contributed by atoms with van der Waals surface area (Å²) in [5, 5.41) is 0. The summed E-state index contributed by atoms with van der Waals surface area (Å²) < 4.78 is 64.2. The zero-order valence-electron chi connectivity index (χ0n) is 13.1. The molecule has 2 aromatic carbocycles. The molecule has 0 aliphatic carbocycles. The summed E-state index contributed by atoms with van der Waals surface area (Å²) in [5.41, 5.74) is 0.834. The smallest absolute Gasteiger partial charge is 0.378 e. The van der Waals surface area contributed by atoms with Gasteiger partial charge in [0.05, 0.1) is 10.5 Å². The Labute approximate surface area is 139 Å². The lowest BCUT2D eigenvalue weighted by Gasteiger charge is -2.13. The first-order chi connectivity index (χ1) is 11.1. The highest BCUT2D eigenvalue weighted by Gasteiger charge is 2.30. The van der Waals surface area contributed by atoms with Crippen molar-refractivity contribution in [1.82, 2.24) is 4.72 Å². The summed E-state index contributed by atoms with van der Waals surface area (Å²) in [6, 6.07) is 10.7. The minimum Gasteiger partial charge on any atom is -0.378 e. The summed E-state index contributed by atoms with van der Waals surface area (Å²) in [6.45, 7) is 0.0526. The number of nitrogens with zero attached hydrogens (tertiary/aromatic N) is 1. The molecule has 0 bridgehead atoms. The van der Waals surface area contributed by atoms with Crippen LogP contribution in [0.15, 0.2) is 53.4 Å². The standard InChI is InChI=1S/C16H17F3N2O2S/c1-21(2)14-7-3-12(4-8-14)11-20-24(22,23)15-9-5-13(6-10-15)16(17,18)19/h3-10,20H,11H2,1-2H3. The molecule has 0 unspecified atom stereocenters. The van der Waals surface area contributed by atoms with E-state index in [1.54, 1.807) is 12.1 Å². The van der Waals surface area contributed by atoms with Crippen molar-refractivity contribution in [1.29, 1.82) is 0 Å². The zero-order chi connectivity index (χ0) is 18.0. The zero-order valence-corrected chi connectivity index (χ0v) is 13.9. The molecule has 2 rings (SSSR count). The number of halogens is 3. The third-order valence-electron chi connectivity index (χ3n) is 3.41. The van der Waals surface area contributed by atoms with Crippen LogP contribution in [0, 0.1) is 0 Å². The van der Waals surface area contributed by atoms with E-state index < -0.39 is 21.8 Å². The Kier molecular flexibility index (Phi) is 5.19. The topological polar surface area (TPSA) is 49.4 Å². The molecular formula is C16H17F3N2O2S.